The minimum Gasteiger partial charge on any atom is -0.380 e. The number of pyridine rings is 2. The first-order valence-corrected chi connectivity index (χ1v) is 8.20. The molecule has 0 aliphatic rings. The number of hydrogen-bond acceptors (Lipinski definition) is 4. The Kier molecular flexibility index (Phi) is 5.59. The van der Waals surface area contributed by atoms with Gasteiger partial charge in [0.05, 0.1) is 11.9 Å². The van der Waals surface area contributed by atoms with Gasteiger partial charge in [-0.05, 0) is 41.5 Å². The summed E-state index contributed by atoms with van der Waals surface area (Å²) in [7, 11) is 0. The van der Waals surface area contributed by atoms with Gasteiger partial charge >= 0.3 is 0 Å². The molecule has 5 nitrogen and oxygen atoms in total. The first-order chi connectivity index (χ1) is 12.2. The van der Waals surface area contributed by atoms with Gasteiger partial charge in [-0.1, -0.05) is 29.8 Å². The van der Waals surface area contributed by atoms with Crippen LogP contribution in [0.3, 0.4) is 0 Å². The van der Waals surface area contributed by atoms with Crippen molar-refractivity contribution in [3.63, 3.8) is 0 Å². The Morgan fingerprint density at radius 3 is 2.52 bits per heavy atom. The molecule has 3 rings (SSSR count). The second-order valence-corrected chi connectivity index (χ2v) is 5.82. The Labute approximate surface area is 151 Å². The van der Waals surface area contributed by atoms with Crippen LogP contribution in [0.25, 0.3) is 0 Å². The molecule has 6 heteroatoms. The maximum Gasteiger partial charge on any atom is 0.270 e. The van der Waals surface area contributed by atoms with Gasteiger partial charge in [-0.25, -0.2) is 4.98 Å². The lowest BCUT2D eigenvalue weighted by Gasteiger charge is -2.09. The van der Waals surface area contributed by atoms with Gasteiger partial charge in [0.1, 0.15) is 5.69 Å². The number of rotatable bonds is 6. The van der Waals surface area contributed by atoms with Gasteiger partial charge in [0.2, 0.25) is 0 Å². The van der Waals surface area contributed by atoms with E-state index in [1.807, 2.05) is 42.5 Å². The molecule has 3 aromatic rings. The summed E-state index contributed by atoms with van der Waals surface area (Å²) < 4.78 is 0. The summed E-state index contributed by atoms with van der Waals surface area (Å²) in [5, 5.41) is 6.79. The smallest absolute Gasteiger partial charge is 0.270 e. The average Bonchev–Trinajstić information content (AvgIpc) is 2.67. The Morgan fingerprint density at radius 2 is 1.80 bits per heavy atom. The van der Waals surface area contributed by atoms with Crippen LogP contribution in [-0.4, -0.2) is 15.9 Å². The number of aromatic nitrogens is 2. The van der Waals surface area contributed by atoms with Crippen molar-refractivity contribution in [2.24, 2.45) is 0 Å². The summed E-state index contributed by atoms with van der Waals surface area (Å²) in [6.07, 6.45) is 5.02. The summed E-state index contributed by atoms with van der Waals surface area (Å²) in [5.74, 6) is -0.213. The molecule has 0 aliphatic carbocycles. The third kappa shape index (κ3) is 4.78. The van der Waals surface area contributed by atoms with E-state index in [-0.39, 0.29) is 5.91 Å². The van der Waals surface area contributed by atoms with Crippen molar-refractivity contribution in [3.8, 4) is 0 Å². The first-order valence-electron chi connectivity index (χ1n) is 7.83. The molecule has 0 fully saturated rings. The van der Waals surface area contributed by atoms with Crippen LogP contribution in [0.1, 0.15) is 21.6 Å². The van der Waals surface area contributed by atoms with E-state index in [4.69, 9.17) is 11.6 Å². The molecule has 0 unspecified atom stereocenters. The van der Waals surface area contributed by atoms with E-state index in [1.54, 1.807) is 24.7 Å². The van der Waals surface area contributed by atoms with E-state index in [9.17, 15) is 4.79 Å². The topological polar surface area (TPSA) is 66.9 Å². The quantitative estimate of drug-likeness (QED) is 0.710. The van der Waals surface area contributed by atoms with Crippen molar-refractivity contribution in [2.75, 3.05) is 5.32 Å². The zero-order valence-corrected chi connectivity index (χ0v) is 14.2. The van der Waals surface area contributed by atoms with Crippen LogP contribution in [0.5, 0.6) is 0 Å². The number of hydrogen-bond donors (Lipinski definition) is 2. The zero-order valence-electron chi connectivity index (χ0n) is 13.4. The predicted octanol–water partition coefficient (Wildman–Crippen LogP) is 3.67. The molecule has 0 bridgehead atoms. The minimum absolute atomic E-state index is 0.213. The van der Waals surface area contributed by atoms with Gasteiger partial charge in [-0.3, -0.25) is 9.78 Å². The number of halogens is 1. The highest BCUT2D eigenvalue weighted by molar-refractivity contribution is 6.31. The molecular formula is C19H17ClN4O. The molecule has 0 saturated heterocycles. The molecule has 0 atom stereocenters. The maximum absolute atomic E-state index is 12.1. The molecule has 2 aromatic heterocycles. The number of anilines is 1. The van der Waals surface area contributed by atoms with Crippen LogP contribution in [0.2, 0.25) is 5.02 Å². The molecule has 0 saturated carbocycles. The lowest BCUT2D eigenvalue weighted by atomic mass is 10.2. The monoisotopic (exact) mass is 352 g/mol. The second kappa shape index (κ2) is 8.26. The van der Waals surface area contributed by atoms with Crippen LogP contribution < -0.4 is 10.6 Å². The van der Waals surface area contributed by atoms with Gasteiger partial charge in [-0.15, -0.1) is 0 Å². The molecule has 1 amide bonds. The van der Waals surface area contributed by atoms with Crippen LogP contribution in [-0.2, 0) is 13.1 Å². The van der Waals surface area contributed by atoms with Crippen molar-refractivity contribution in [2.45, 2.75) is 13.1 Å². The standard InChI is InChI=1S/C19H17ClN4O/c20-17-4-2-1-3-15(17)12-22-16-5-6-18(23-13-16)19(25)24-11-14-7-9-21-10-8-14/h1-10,13,22H,11-12H2,(H,24,25). The van der Waals surface area contributed by atoms with Gasteiger partial charge in [0.25, 0.3) is 5.91 Å². The second-order valence-electron chi connectivity index (χ2n) is 5.42. The number of benzene rings is 1. The molecule has 0 spiro atoms. The third-order valence-electron chi connectivity index (χ3n) is 3.64. The lowest BCUT2D eigenvalue weighted by Crippen LogP contribution is -2.23. The largest absolute Gasteiger partial charge is 0.380 e. The summed E-state index contributed by atoms with van der Waals surface area (Å²) in [4.78, 5) is 20.3. The Hall–Kier alpha value is -2.92. The van der Waals surface area contributed by atoms with E-state index < -0.39 is 0 Å². The number of amides is 1. The van der Waals surface area contributed by atoms with Crippen molar-refractivity contribution in [3.05, 3.63) is 89.0 Å². The van der Waals surface area contributed by atoms with Gasteiger partial charge in [0, 0.05) is 30.5 Å². The molecule has 1 aromatic carbocycles. The molecule has 2 heterocycles. The predicted molar refractivity (Wildman–Crippen MR) is 98.4 cm³/mol. The van der Waals surface area contributed by atoms with Crippen molar-refractivity contribution in [1.29, 1.82) is 0 Å². The molecule has 126 valence electrons. The highest BCUT2D eigenvalue weighted by atomic mass is 35.5. The third-order valence-corrected chi connectivity index (χ3v) is 4.01. The van der Waals surface area contributed by atoms with Crippen molar-refractivity contribution >= 4 is 23.2 Å². The number of nitrogens with one attached hydrogen (secondary N) is 2. The first kappa shape index (κ1) is 16.9. The van der Waals surface area contributed by atoms with Gasteiger partial charge in [-0.2, -0.15) is 0 Å². The number of nitrogens with zero attached hydrogens (tertiary/aromatic N) is 2. The fourth-order valence-corrected chi connectivity index (χ4v) is 2.45. The van der Waals surface area contributed by atoms with Crippen molar-refractivity contribution in [1.82, 2.24) is 15.3 Å². The normalized spacial score (nSPS) is 10.3. The molecule has 0 radical (unpaired) electrons. The fourth-order valence-electron chi connectivity index (χ4n) is 2.25. The number of carbonyl (C=O) groups is 1. The molecule has 25 heavy (non-hydrogen) atoms. The molecule has 0 aliphatic heterocycles. The van der Waals surface area contributed by atoms with Gasteiger partial charge in [0.15, 0.2) is 0 Å². The minimum atomic E-state index is -0.213. The van der Waals surface area contributed by atoms with E-state index in [2.05, 4.69) is 20.6 Å². The Morgan fingerprint density at radius 1 is 1.00 bits per heavy atom. The lowest BCUT2D eigenvalue weighted by molar-refractivity contribution is 0.0946. The highest BCUT2D eigenvalue weighted by Gasteiger charge is 2.07. The Balaban J connectivity index is 1.54. The zero-order chi connectivity index (χ0) is 17.5. The summed E-state index contributed by atoms with van der Waals surface area (Å²) in [6, 6.07) is 14.9. The van der Waals surface area contributed by atoms with Crippen LogP contribution in [0, 0.1) is 0 Å². The fraction of sp³-hybridized carbons (Fsp3) is 0.105. The highest BCUT2D eigenvalue weighted by Crippen LogP contribution is 2.16. The van der Waals surface area contributed by atoms with Crippen LogP contribution in [0.4, 0.5) is 5.69 Å². The van der Waals surface area contributed by atoms with E-state index in [0.29, 0.717) is 18.8 Å². The van der Waals surface area contributed by atoms with Crippen LogP contribution in [0.15, 0.2) is 67.1 Å². The van der Waals surface area contributed by atoms with Crippen LogP contribution >= 0.6 is 11.6 Å². The Bertz CT molecular complexity index is 838. The van der Waals surface area contributed by atoms with Gasteiger partial charge < -0.3 is 10.6 Å². The number of carbonyl (C=O) groups excluding carboxylic acids is 1. The summed E-state index contributed by atoms with van der Waals surface area (Å²) in [6.45, 7) is 1.03. The van der Waals surface area contributed by atoms with Crippen molar-refractivity contribution < 1.29 is 4.79 Å². The van der Waals surface area contributed by atoms with E-state index in [0.717, 1.165) is 21.8 Å². The average molecular weight is 353 g/mol. The molecule has 2 N–H and O–H groups in total. The maximum atomic E-state index is 12.1. The van der Waals surface area contributed by atoms with E-state index >= 15 is 0 Å². The SMILES string of the molecule is O=C(NCc1ccncc1)c1ccc(NCc2ccccc2Cl)cn1. The summed E-state index contributed by atoms with van der Waals surface area (Å²) >= 11 is 6.13. The molecular weight excluding hydrogens is 336 g/mol. The van der Waals surface area contributed by atoms with E-state index in [1.165, 1.54) is 0 Å². The summed E-state index contributed by atoms with van der Waals surface area (Å²) in [5.41, 5.74) is 3.19.